The summed E-state index contributed by atoms with van der Waals surface area (Å²) in [5.41, 5.74) is 4.19. The monoisotopic (exact) mass is 209 g/mol. The topological polar surface area (TPSA) is 107 Å². The van der Waals surface area contributed by atoms with Crippen LogP contribution < -0.4 is 5.73 Å². The summed E-state index contributed by atoms with van der Waals surface area (Å²) in [6.07, 6.45) is 4.08. The first-order chi connectivity index (χ1) is 7.13. The van der Waals surface area contributed by atoms with Crippen LogP contribution in [0, 0.1) is 11.3 Å². The molecule has 1 atom stereocenters. The van der Waals surface area contributed by atoms with Crippen molar-refractivity contribution in [2.75, 3.05) is 0 Å². The van der Waals surface area contributed by atoms with Gasteiger partial charge in [0.1, 0.15) is 0 Å². The summed E-state index contributed by atoms with van der Waals surface area (Å²) in [6, 6.07) is 1.35. The largest absolute Gasteiger partial charge is 0.477 e. The highest BCUT2D eigenvalue weighted by molar-refractivity contribution is 5.71. The molecule has 0 bridgehead atoms. The number of aliphatic carboxylic acids is 1. The Bertz CT molecular complexity index is 380. The Morgan fingerprint density at radius 2 is 2.53 bits per heavy atom. The lowest BCUT2D eigenvalue weighted by Crippen LogP contribution is -2.66. The molecule has 0 fully saturated rings. The van der Waals surface area contributed by atoms with Crippen LogP contribution >= 0.6 is 0 Å². The Labute approximate surface area is 86.9 Å². The first kappa shape index (κ1) is 11.2. The zero-order valence-corrected chi connectivity index (χ0v) is 8.26. The molecule has 1 aromatic heterocycles. The van der Waals surface area contributed by atoms with Crippen molar-refractivity contribution >= 4 is 5.97 Å². The number of rotatable bonds is 5. The third kappa shape index (κ3) is 3.40. The van der Waals surface area contributed by atoms with Gasteiger partial charge in [-0.15, -0.1) is 0 Å². The Balaban J connectivity index is 2.53. The zero-order valence-electron chi connectivity index (χ0n) is 8.26. The third-order valence-corrected chi connectivity index (χ3v) is 1.97. The molecular weight excluding hydrogens is 196 g/mol. The molecule has 4 N–H and O–H groups in total. The quantitative estimate of drug-likeness (QED) is 0.650. The van der Waals surface area contributed by atoms with E-state index in [0.29, 0.717) is 25.1 Å². The lowest BCUT2D eigenvalue weighted by Gasteiger charge is -1.99. The summed E-state index contributed by atoms with van der Waals surface area (Å²) in [7, 11) is 0. The third-order valence-electron chi connectivity index (χ3n) is 1.97. The van der Waals surface area contributed by atoms with E-state index in [4.69, 9.17) is 10.4 Å². The van der Waals surface area contributed by atoms with E-state index in [1.54, 1.807) is 17.1 Å². The number of aromatic nitrogens is 2. The zero-order chi connectivity index (χ0) is 11.3. The van der Waals surface area contributed by atoms with Crippen LogP contribution in [0.25, 0.3) is 0 Å². The van der Waals surface area contributed by atoms with E-state index < -0.39 is 12.0 Å². The second-order valence-corrected chi connectivity index (χ2v) is 3.25. The fourth-order valence-corrected chi connectivity index (χ4v) is 1.15. The molecule has 1 rings (SSSR count). The molecule has 0 radical (unpaired) electrons. The molecule has 0 spiro atoms. The van der Waals surface area contributed by atoms with Gasteiger partial charge in [0.15, 0.2) is 6.04 Å². The number of carboxylic acids is 1. The van der Waals surface area contributed by atoms with Crippen molar-refractivity contribution in [3.05, 3.63) is 18.2 Å². The van der Waals surface area contributed by atoms with Crippen LogP contribution in [-0.2, 0) is 17.8 Å². The molecule has 0 saturated heterocycles. The van der Waals surface area contributed by atoms with Crippen molar-refractivity contribution in [1.29, 1.82) is 5.26 Å². The number of nitriles is 1. The van der Waals surface area contributed by atoms with Crippen LogP contribution in [0.1, 0.15) is 12.1 Å². The number of carboxylic acid groups (broad SMARTS) is 1. The first-order valence-electron chi connectivity index (χ1n) is 4.57. The fourth-order valence-electron chi connectivity index (χ4n) is 1.15. The number of carbonyl (C=O) groups is 1. The minimum atomic E-state index is -0.929. The number of aryl methyl sites for hydroxylation is 1. The van der Waals surface area contributed by atoms with Gasteiger partial charge in [-0.05, 0) is 0 Å². The van der Waals surface area contributed by atoms with Gasteiger partial charge >= 0.3 is 5.97 Å². The minimum Gasteiger partial charge on any atom is -0.477 e. The highest BCUT2D eigenvalue weighted by Crippen LogP contribution is 2.00. The molecule has 15 heavy (non-hydrogen) atoms. The van der Waals surface area contributed by atoms with Crippen molar-refractivity contribution < 1.29 is 15.6 Å². The first-order valence-corrected chi connectivity index (χ1v) is 4.57. The van der Waals surface area contributed by atoms with Gasteiger partial charge in [-0.2, -0.15) is 5.26 Å². The molecule has 0 aliphatic heterocycles. The lowest BCUT2D eigenvalue weighted by atomic mass is 10.2. The molecule has 0 aromatic carbocycles. The van der Waals surface area contributed by atoms with Gasteiger partial charge in [-0.25, -0.2) is 9.78 Å². The predicted molar refractivity (Wildman–Crippen MR) is 50.5 cm³/mol. The molecule has 0 saturated carbocycles. The molecule has 80 valence electrons. The lowest BCUT2D eigenvalue weighted by molar-refractivity contribution is -0.407. The van der Waals surface area contributed by atoms with Crippen LogP contribution in [-0.4, -0.2) is 26.7 Å². The summed E-state index contributed by atoms with van der Waals surface area (Å²) >= 11 is 0. The van der Waals surface area contributed by atoms with E-state index in [-0.39, 0.29) is 0 Å². The maximum absolute atomic E-state index is 10.5. The average molecular weight is 209 g/mol. The molecule has 6 heteroatoms. The van der Waals surface area contributed by atoms with Gasteiger partial charge in [0.25, 0.3) is 0 Å². The van der Waals surface area contributed by atoms with Gasteiger partial charge in [0.05, 0.1) is 30.9 Å². The standard InChI is InChI=1S/C9H12N4O2/c10-2-1-3-13-5-7(12-6-13)4-8(11)9(14)15/h5-6,8H,1,3-4,11H2,(H,14,15)/p+1/t8-/m0/s1. The normalized spacial score (nSPS) is 12.0. The van der Waals surface area contributed by atoms with Crippen LogP contribution in [0.5, 0.6) is 0 Å². The Morgan fingerprint density at radius 1 is 1.80 bits per heavy atom. The van der Waals surface area contributed by atoms with Crippen molar-refractivity contribution in [1.82, 2.24) is 9.55 Å². The number of nitrogens with zero attached hydrogens (tertiary/aromatic N) is 3. The summed E-state index contributed by atoms with van der Waals surface area (Å²) in [4.78, 5) is 14.6. The second-order valence-electron chi connectivity index (χ2n) is 3.25. The van der Waals surface area contributed by atoms with Crippen molar-refractivity contribution in [2.24, 2.45) is 0 Å². The molecule has 0 amide bonds. The number of hydrogen-bond acceptors (Lipinski definition) is 3. The Hall–Kier alpha value is -1.87. The summed E-state index contributed by atoms with van der Waals surface area (Å²) < 4.78 is 1.77. The van der Waals surface area contributed by atoms with Gasteiger partial charge < -0.3 is 15.4 Å². The van der Waals surface area contributed by atoms with Crippen molar-refractivity contribution in [2.45, 2.75) is 25.4 Å². The minimum absolute atomic E-state index is 0.314. The fraction of sp³-hybridized carbons (Fsp3) is 0.444. The SMILES string of the molecule is N#CCCn1cnc(C[C@H]([NH3+])C(=O)O)c1. The molecule has 1 heterocycles. The highest BCUT2D eigenvalue weighted by Gasteiger charge is 2.17. The Morgan fingerprint density at radius 3 is 3.13 bits per heavy atom. The second kappa shape index (κ2) is 5.12. The van der Waals surface area contributed by atoms with E-state index in [2.05, 4.69) is 10.7 Å². The van der Waals surface area contributed by atoms with E-state index in [1.807, 2.05) is 6.07 Å². The van der Waals surface area contributed by atoms with E-state index in [9.17, 15) is 4.79 Å². The number of imidazole rings is 1. The smallest absolute Gasteiger partial charge is 0.362 e. The van der Waals surface area contributed by atoms with Crippen LogP contribution in [0.2, 0.25) is 0 Å². The van der Waals surface area contributed by atoms with E-state index in [0.717, 1.165) is 0 Å². The number of hydrogen-bond donors (Lipinski definition) is 2. The molecule has 0 aliphatic carbocycles. The van der Waals surface area contributed by atoms with E-state index in [1.165, 1.54) is 0 Å². The van der Waals surface area contributed by atoms with Gasteiger partial charge in [0, 0.05) is 12.7 Å². The maximum atomic E-state index is 10.5. The maximum Gasteiger partial charge on any atom is 0.362 e. The van der Waals surface area contributed by atoms with Crippen LogP contribution in [0.3, 0.4) is 0 Å². The van der Waals surface area contributed by atoms with Crippen LogP contribution in [0.15, 0.2) is 12.5 Å². The van der Waals surface area contributed by atoms with Gasteiger partial charge in [-0.3, -0.25) is 0 Å². The molecule has 1 aromatic rings. The number of quaternary nitrogens is 1. The summed E-state index contributed by atoms with van der Waals surface area (Å²) in [5, 5.41) is 17.0. The van der Waals surface area contributed by atoms with Gasteiger partial charge in [0.2, 0.25) is 0 Å². The average Bonchev–Trinajstić information content (AvgIpc) is 2.62. The summed E-state index contributed by atoms with van der Waals surface area (Å²) in [6.45, 7) is 0.582. The molecule has 6 nitrogen and oxygen atoms in total. The van der Waals surface area contributed by atoms with Crippen LogP contribution in [0.4, 0.5) is 0 Å². The highest BCUT2D eigenvalue weighted by atomic mass is 16.4. The van der Waals surface area contributed by atoms with Gasteiger partial charge in [-0.1, -0.05) is 0 Å². The summed E-state index contributed by atoms with van der Waals surface area (Å²) in [5.74, 6) is -0.929. The molecule has 0 aliphatic rings. The van der Waals surface area contributed by atoms with Crippen molar-refractivity contribution in [3.8, 4) is 6.07 Å². The van der Waals surface area contributed by atoms with Crippen molar-refractivity contribution in [3.63, 3.8) is 0 Å². The predicted octanol–water partition coefficient (Wildman–Crippen LogP) is -0.966. The Kier molecular flexibility index (Phi) is 3.83. The van der Waals surface area contributed by atoms with E-state index >= 15 is 0 Å². The molecular formula is C9H13N4O2+. The molecule has 0 unspecified atom stereocenters.